The van der Waals surface area contributed by atoms with Gasteiger partial charge in [0.15, 0.2) is 11.5 Å². The van der Waals surface area contributed by atoms with E-state index in [-0.39, 0.29) is 35.1 Å². The van der Waals surface area contributed by atoms with E-state index in [1.807, 2.05) is 0 Å². The molecule has 1 aliphatic carbocycles. The molecule has 7 heteroatoms. The Kier molecular flexibility index (Phi) is 3.44. The van der Waals surface area contributed by atoms with Gasteiger partial charge in [-0.15, -0.1) is 8.78 Å². The van der Waals surface area contributed by atoms with Crippen LogP contribution in [0, 0.1) is 0 Å². The summed E-state index contributed by atoms with van der Waals surface area (Å²) in [5.74, 6) is -0.504. The summed E-state index contributed by atoms with van der Waals surface area (Å²) in [6.07, 6.45) is -0.265. The van der Waals surface area contributed by atoms with E-state index in [4.69, 9.17) is 5.73 Å². The maximum atomic E-state index is 12.9. The summed E-state index contributed by atoms with van der Waals surface area (Å²) < 4.78 is 34.5. The Balaban J connectivity index is 1.66. The number of hydrogen-bond donors (Lipinski definition) is 2. The van der Waals surface area contributed by atoms with Gasteiger partial charge < -0.3 is 20.5 Å². The Morgan fingerprint density at radius 3 is 2.57 bits per heavy atom. The summed E-state index contributed by atoms with van der Waals surface area (Å²) in [5.41, 5.74) is 6.08. The highest BCUT2D eigenvalue weighted by Gasteiger charge is 2.43. The van der Waals surface area contributed by atoms with Gasteiger partial charge in [-0.25, -0.2) is 0 Å². The zero-order chi connectivity index (χ0) is 15.0. The van der Waals surface area contributed by atoms with Gasteiger partial charge in [0, 0.05) is 17.6 Å². The van der Waals surface area contributed by atoms with E-state index in [0.717, 1.165) is 25.7 Å². The van der Waals surface area contributed by atoms with Crippen LogP contribution in [0.5, 0.6) is 11.5 Å². The molecule has 0 unspecified atom stereocenters. The number of rotatable bonds is 2. The van der Waals surface area contributed by atoms with Crippen LogP contribution >= 0.6 is 0 Å². The minimum Gasteiger partial charge on any atom is -0.395 e. The molecule has 3 rings (SSSR count). The van der Waals surface area contributed by atoms with Crippen LogP contribution in [-0.4, -0.2) is 24.3 Å². The quantitative estimate of drug-likeness (QED) is 0.876. The van der Waals surface area contributed by atoms with Crippen molar-refractivity contribution >= 4 is 5.91 Å². The van der Waals surface area contributed by atoms with E-state index >= 15 is 0 Å². The smallest absolute Gasteiger partial charge is 0.395 e. The molecule has 0 aromatic heterocycles. The van der Waals surface area contributed by atoms with E-state index in [2.05, 4.69) is 14.8 Å². The fourth-order valence-electron chi connectivity index (χ4n) is 2.62. The topological polar surface area (TPSA) is 73.6 Å². The lowest BCUT2D eigenvalue weighted by molar-refractivity contribution is -0.286. The molecule has 1 aliphatic heterocycles. The summed E-state index contributed by atoms with van der Waals surface area (Å²) >= 11 is 0. The number of carbonyl (C=O) groups is 1. The third-order valence-electron chi connectivity index (χ3n) is 3.77. The maximum Gasteiger partial charge on any atom is 0.586 e. The largest absolute Gasteiger partial charge is 0.586 e. The average molecular weight is 298 g/mol. The molecule has 0 atom stereocenters. The second-order valence-corrected chi connectivity index (χ2v) is 5.41. The first-order chi connectivity index (χ1) is 9.93. The predicted octanol–water partition coefficient (Wildman–Crippen LogP) is 2.01. The van der Waals surface area contributed by atoms with Crippen LogP contribution in [0.15, 0.2) is 18.2 Å². The van der Waals surface area contributed by atoms with Gasteiger partial charge in [-0.3, -0.25) is 4.79 Å². The van der Waals surface area contributed by atoms with Crippen molar-refractivity contribution < 1.29 is 23.0 Å². The number of amides is 1. The number of ether oxygens (including phenoxy) is 2. The fourth-order valence-corrected chi connectivity index (χ4v) is 2.62. The number of hydrogen-bond acceptors (Lipinski definition) is 4. The third kappa shape index (κ3) is 3.07. The van der Waals surface area contributed by atoms with Gasteiger partial charge in [0.05, 0.1) is 0 Å². The predicted molar refractivity (Wildman–Crippen MR) is 70.3 cm³/mol. The summed E-state index contributed by atoms with van der Waals surface area (Å²) in [6.45, 7) is 0. The second-order valence-electron chi connectivity index (χ2n) is 5.41. The van der Waals surface area contributed by atoms with Gasteiger partial charge in [0.1, 0.15) is 0 Å². The van der Waals surface area contributed by atoms with Crippen molar-refractivity contribution in [3.8, 4) is 11.5 Å². The second kappa shape index (κ2) is 5.14. The molecule has 1 aromatic carbocycles. The Morgan fingerprint density at radius 1 is 1.19 bits per heavy atom. The summed E-state index contributed by atoms with van der Waals surface area (Å²) in [7, 11) is 0. The molecule has 1 saturated carbocycles. The van der Waals surface area contributed by atoms with Crippen LogP contribution in [0.1, 0.15) is 36.0 Å². The summed E-state index contributed by atoms with van der Waals surface area (Å²) in [6, 6.07) is 4.28. The molecular weight excluding hydrogens is 282 g/mol. The van der Waals surface area contributed by atoms with Crippen molar-refractivity contribution in [2.45, 2.75) is 44.1 Å². The summed E-state index contributed by atoms with van der Waals surface area (Å²) in [4.78, 5) is 12.1. The number of halogens is 2. The zero-order valence-corrected chi connectivity index (χ0v) is 11.3. The van der Waals surface area contributed by atoms with Crippen molar-refractivity contribution in [3.63, 3.8) is 0 Å². The maximum absolute atomic E-state index is 12.9. The molecule has 0 spiro atoms. The van der Waals surface area contributed by atoms with Crippen molar-refractivity contribution in [3.05, 3.63) is 23.8 Å². The molecule has 1 amide bonds. The average Bonchev–Trinajstić information content (AvgIpc) is 2.74. The molecule has 0 radical (unpaired) electrons. The van der Waals surface area contributed by atoms with Gasteiger partial charge in [-0.05, 0) is 43.9 Å². The Labute approximate surface area is 120 Å². The van der Waals surface area contributed by atoms with Crippen LogP contribution in [0.2, 0.25) is 0 Å². The molecule has 3 N–H and O–H groups in total. The lowest BCUT2D eigenvalue weighted by Crippen LogP contribution is -2.40. The van der Waals surface area contributed by atoms with Gasteiger partial charge in [-0.1, -0.05) is 0 Å². The molecule has 1 heterocycles. The molecule has 2 aliphatic rings. The highest BCUT2D eigenvalue weighted by Crippen LogP contribution is 2.41. The van der Waals surface area contributed by atoms with Crippen LogP contribution in [0.25, 0.3) is 0 Å². The molecule has 21 heavy (non-hydrogen) atoms. The van der Waals surface area contributed by atoms with Crippen LogP contribution < -0.4 is 20.5 Å². The fraction of sp³-hybridized carbons (Fsp3) is 0.500. The van der Waals surface area contributed by atoms with Crippen molar-refractivity contribution in [1.29, 1.82) is 0 Å². The Morgan fingerprint density at radius 2 is 1.86 bits per heavy atom. The molecule has 1 aromatic rings. The SMILES string of the molecule is N[C@H]1CC[C@H](NC(=O)c2ccc3c(c2)OC(F)(F)O3)CC1. The van der Waals surface area contributed by atoms with Crippen molar-refractivity contribution in [2.24, 2.45) is 5.73 Å². The molecular formula is C14H16F2N2O3. The highest BCUT2D eigenvalue weighted by atomic mass is 19.3. The van der Waals surface area contributed by atoms with E-state index in [1.165, 1.54) is 18.2 Å². The molecule has 0 saturated heterocycles. The minimum atomic E-state index is -3.67. The van der Waals surface area contributed by atoms with E-state index in [1.54, 1.807) is 0 Å². The minimum absolute atomic E-state index is 0.0693. The highest BCUT2D eigenvalue weighted by molar-refractivity contribution is 5.95. The zero-order valence-electron chi connectivity index (χ0n) is 11.3. The normalized spacial score (nSPS) is 26.4. The molecule has 1 fully saturated rings. The Bertz CT molecular complexity index is 557. The van der Waals surface area contributed by atoms with Gasteiger partial charge in [0.25, 0.3) is 5.91 Å². The van der Waals surface area contributed by atoms with E-state index < -0.39 is 6.29 Å². The lowest BCUT2D eigenvalue weighted by Gasteiger charge is -2.26. The van der Waals surface area contributed by atoms with Gasteiger partial charge >= 0.3 is 6.29 Å². The first kappa shape index (κ1) is 14.1. The number of nitrogens with one attached hydrogen (secondary N) is 1. The molecule has 5 nitrogen and oxygen atoms in total. The lowest BCUT2D eigenvalue weighted by atomic mass is 9.91. The van der Waals surface area contributed by atoms with E-state index in [9.17, 15) is 13.6 Å². The van der Waals surface area contributed by atoms with Crippen molar-refractivity contribution in [2.75, 3.05) is 0 Å². The monoisotopic (exact) mass is 298 g/mol. The van der Waals surface area contributed by atoms with Crippen LogP contribution in [0.3, 0.4) is 0 Å². The number of fused-ring (bicyclic) bond motifs is 1. The number of benzene rings is 1. The first-order valence-electron chi connectivity index (χ1n) is 6.89. The summed E-state index contributed by atoms with van der Waals surface area (Å²) in [5, 5.41) is 2.89. The molecule has 0 bridgehead atoms. The van der Waals surface area contributed by atoms with Gasteiger partial charge in [0.2, 0.25) is 0 Å². The standard InChI is InChI=1S/C14H16F2N2O3/c15-14(16)20-11-6-1-8(7-12(11)21-14)13(19)18-10-4-2-9(17)3-5-10/h1,6-7,9-10H,2-5,17H2,(H,18,19)/t9-,10-. The van der Waals surface area contributed by atoms with Gasteiger partial charge in [-0.2, -0.15) is 0 Å². The number of nitrogens with two attached hydrogens (primary N) is 1. The Hall–Kier alpha value is -1.89. The third-order valence-corrected chi connectivity index (χ3v) is 3.77. The van der Waals surface area contributed by atoms with E-state index in [0.29, 0.717) is 0 Å². The van der Waals surface area contributed by atoms with Crippen molar-refractivity contribution in [1.82, 2.24) is 5.32 Å². The first-order valence-corrected chi connectivity index (χ1v) is 6.89. The number of alkyl halides is 2. The number of carbonyl (C=O) groups excluding carboxylic acids is 1. The van der Waals surface area contributed by atoms with Crippen LogP contribution in [-0.2, 0) is 0 Å². The van der Waals surface area contributed by atoms with Crippen LogP contribution in [0.4, 0.5) is 8.78 Å². The molecule has 114 valence electrons.